The van der Waals surface area contributed by atoms with Gasteiger partial charge in [0.15, 0.2) is 0 Å². The Morgan fingerprint density at radius 1 is 0.853 bits per heavy atom. The summed E-state index contributed by atoms with van der Waals surface area (Å²) in [6.07, 6.45) is 14.5. The van der Waals surface area contributed by atoms with Gasteiger partial charge in [0.1, 0.15) is 0 Å². The molecule has 4 fully saturated rings. The molecule has 0 amide bonds. The first-order chi connectivity index (χ1) is 15.7. The molecule has 6 nitrogen and oxygen atoms in total. The zero-order valence-corrected chi connectivity index (χ0v) is 23.4. The average Bonchev–Trinajstić information content (AvgIpc) is 3.07. The van der Waals surface area contributed by atoms with Gasteiger partial charge < -0.3 is 0 Å². The summed E-state index contributed by atoms with van der Waals surface area (Å²) in [6, 6.07) is 0. The van der Waals surface area contributed by atoms with Crippen LogP contribution >= 0.6 is 0 Å². The molecule has 9 unspecified atom stereocenters. The predicted molar refractivity (Wildman–Crippen MR) is 134 cm³/mol. The van der Waals surface area contributed by atoms with E-state index in [2.05, 4.69) is 20.8 Å². The molecule has 0 aromatic carbocycles. The molecular formula is C26H46O6S2. The van der Waals surface area contributed by atoms with Crippen LogP contribution in [0.25, 0.3) is 0 Å². The number of hydrogen-bond acceptors (Lipinski definition) is 6. The van der Waals surface area contributed by atoms with Crippen LogP contribution in [-0.4, -0.2) is 42.1 Å². The van der Waals surface area contributed by atoms with Gasteiger partial charge in [-0.25, -0.2) is 0 Å². The first-order valence-corrected chi connectivity index (χ1v) is 17.1. The number of fused-ring (bicyclic) bond motifs is 5. The van der Waals surface area contributed by atoms with Gasteiger partial charge in [-0.2, -0.15) is 16.8 Å². The smallest absolute Gasteiger partial charge is 0.264 e. The first kappa shape index (κ1) is 26.9. The Hall–Kier alpha value is -0.180. The van der Waals surface area contributed by atoms with E-state index in [4.69, 9.17) is 8.37 Å². The minimum Gasteiger partial charge on any atom is -0.270 e. The third kappa shape index (κ3) is 5.40. The van der Waals surface area contributed by atoms with Crippen molar-refractivity contribution in [2.75, 3.05) is 19.1 Å². The SMILES string of the molecule is CC(CCCOS(C)(=O)=O)C1CCC2C3CCC4CC(OS(C)(=O)=O)CCC4(C)C3CCC12C. The van der Waals surface area contributed by atoms with Crippen molar-refractivity contribution >= 4 is 20.2 Å². The maximum atomic E-state index is 11.7. The van der Waals surface area contributed by atoms with Gasteiger partial charge in [0.25, 0.3) is 20.2 Å². The van der Waals surface area contributed by atoms with E-state index < -0.39 is 20.2 Å². The maximum absolute atomic E-state index is 11.7. The van der Waals surface area contributed by atoms with E-state index in [9.17, 15) is 16.8 Å². The van der Waals surface area contributed by atoms with E-state index in [0.29, 0.717) is 35.2 Å². The lowest BCUT2D eigenvalue weighted by atomic mass is 9.44. The lowest BCUT2D eigenvalue weighted by Crippen LogP contribution is -2.54. The minimum atomic E-state index is -3.39. The van der Waals surface area contributed by atoms with Crippen LogP contribution in [0.15, 0.2) is 0 Å². The molecule has 9 atom stereocenters. The molecule has 0 radical (unpaired) electrons. The molecule has 4 aliphatic rings. The van der Waals surface area contributed by atoms with Crippen LogP contribution in [0.1, 0.15) is 91.4 Å². The lowest BCUT2D eigenvalue weighted by Gasteiger charge is -2.61. The van der Waals surface area contributed by atoms with Crippen molar-refractivity contribution in [1.82, 2.24) is 0 Å². The fourth-order valence-corrected chi connectivity index (χ4v) is 10.4. The summed E-state index contributed by atoms with van der Waals surface area (Å²) in [5.41, 5.74) is 0.701. The van der Waals surface area contributed by atoms with Gasteiger partial charge in [0.05, 0.1) is 25.2 Å². The highest BCUT2D eigenvalue weighted by molar-refractivity contribution is 7.86. The van der Waals surface area contributed by atoms with Gasteiger partial charge in [0.2, 0.25) is 0 Å². The maximum Gasteiger partial charge on any atom is 0.264 e. The monoisotopic (exact) mass is 518 g/mol. The van der Waals surface area contributed by atoms with Crippen LogP contribution < -0.4 is 0 Å². The van der Waals surface area contributed by atoms with E-state index in [1.54, 1.807) is 0 Å². The number of rotatable bonds is 8. The predicted octanol–water partition coefficient (Wildman–Crippen LogP) is 5.38. The molecule has 4 aliphatic carbocycles. The highest BCUT2D eigenvalue weighted by Crippen LogP contribution is 2.68. The third-order valence-corrected chi connectivity index (χ3v) is 12.0. The van der Waals surface area contributed by atoms with Crippen LogP contribution in [0.5, 0.6) is 0 Å². The van der Waals surface area contributed by atoms with E-state index in [1.165, 1.54) is 44.8 Å². The van der Waals surface area contributed by atoms with Crippen LogP contribution in [0.2, 0.25) is 0 Å². The van der Waals surface area contributed by atoms with Crippen molar-refractivity contribution in [3.8, 4) is 0 Å². The largest absolute Gasteiger partial charge is 0.270 e. The second-order valence-corrected chi connectivity index (χ2v) is 16.0. The normalized spacial score (nSPS) is 43.6. The lowest BCUT2D eigenvalue weighted by molar-refractivity contribution is -0.126. The summed E-state index contributed by atoms with van der Waals surface area (Å²) < 4.78 is 56.3. The molecule has 198 valence electrons. The Bertz CT molecular complexity index is 946. The molecule has 4 rings (SSSR count). The summed E-state index contributed by atoms with van der Waals surface area (Å²) >= 11 is 0. The molecule has 0 aliphatic heterocycles. The van der Waals surface area contributed by atoms with Gasteiger partial charge in [-0.05, 0) is 117 Å². The van der Waals surface area contributed by atoms with E-state index in [1.807, 2.05) is 0 Å². The first-order valence-electron chi connectivity index (χ1n) is 13.5. The van der Waals surface area contributed by atoms with Gasteiger partial charge in [-0.3, -0.25) is 8.37 Å². The number of hydrogen-bond donors (Lipinski definition) is 0. The fourth-order valence-electron chi connectivity index (χ4n) is 9.35. The second kappa shape index (κ2) is 9.60. The highest BCUT2D eigenvalue weighted by atomic mass is 32.2. The molecule has 0 N–H and O–H groups in total. The van der Waals surface area contributed by atoms with Gasteiger partial charge >= 0.3 is 0 Å². The molecule has 0 saturated heterocycles. The average molecular weight is 519 g/mol. The standard InChI is InChI=1S/C26H46O6S2/c1-18(7-6-16-31-33(4,27)28)22-10-11-23-21-9-8-19-17-20(32-34(5,29)30)12-14-25(19,2)24(21)13-15-26(22,23)3/h18-24H,6-17H2,1-5H3. The summed E-state index contributed by atoms with van der Waals surface area (Å²) in [4.78, 5) is 0. The quantitative estimate of drug-likeness (QED) is 0.317. The fraction of sp³-hybridized carbons (Fsp3) is 1.00. The van der Waals surface area contributed by atoms with Crippen molar-refractivity contribution in [3.05, 3.63) is 0 Å². The Morgan fingerprint density at radius 2 is 1.53 bits per heavy atom. The van der Waals surface area contributed by atoms with Crippen LogP contribution in [-0.2, 0) is 28.6 Å². The van der Waals surface area contributed by atoms with Crippen molar-refractivity contribution in [2.24, 2.45) is 46.3 Å². The van der Waals surface area contributed by atoms with E-state index >= 15 is 0 Å². The summed E-state index contributed by atoms with van der Waals surface area (Å²) in [5, 5.41) is 0. The van der Waals surface area contributed by atoms with Crippen molar-refractivity contribution in [3.63, 3.8) is 0 Å². The van der Waals surface area contributed by atoms with E-state index in [0.717, 1.165) is 56.1 Å². The zero-order chi connectivity index (χ0) is 24.9. The molecular weight excluding hydrogens is 472 g/mol. The van der Waals surface area contributed by atoms with Crippen molar-refractivity contribution in [2.45, 2.75) is 97.5 Å². The highest BCUT2D eigenvalue weighted by Gasteiger charge is 2.60. The summed E-state index contributed by atoms with van der Waals surface area (Å²) in [6.45, 7) is 7.72. The third-order valence-electron chi connectivity index (χ3n) is 10.8. The second-order valence-electron chi connectivity index (χ2n) is 12.7. The van der Waals surface area contributed by atoms with Crippen LogP contribution in [0.4, 0.5) is 0 Å². The molecule has 4 saturated carbocycles. The molecule has 0 heterocycles. The Kier molecular flexibility index (Phi) is 7.59. The van der Waals surface area contributed by atoms with Gasteiger partial charge in [0, 0.05) is 0 Å². The van der Waals surface area contributed by atoms with E-state index in [-0.39, 0.29) is 6.10 Å². The minimum absolute atomic E-state index is 0.137. The van der Waals surface area contributed by atoms with Crippen LogP contribution in [0, 0.1) is 46.3 Å². The molecule has 0 aromatic rings. The Morgan fingerprint density at radius 3 is 2.21 bits per heavy atom. The molecule has 0 bridgehead atoms. The Labute approximate surface area is 208 Å². The molecule has 8 heteroatoms. The summed E-state index contributed by atoms with van der Waals surface area (Å²) in [7, 11) is -6.74. The molecule has 0 spiro atoms. The van der Waals surface area contributed by atoms with Gasteiger partial charge in [-0.1, -0.05) is 20.8 Å². The summed E-state index contributed by atoms with van der Waals surface area (Å²) in [5.74, 6) is 4.20. The topological polar surface area (TPSA) is 86.7 Å². The molecule has 34 heavy (non-hydrogen) atoms. The van der Waals surface area contributed by atoms with Crippen LogP contribution in [0.3, 0.4) is 0 Å². The van der Waals surface area contributed by atoms with Crippen molar-refractivity contribution in [1.29, 1.82) is 0 Å². The zero-order valence-electron chi connectivity index (χ0n) is 21.8. The molecule has 0 aromatic heterocycles. The van der Waals surface area contributed by atoms with Gasteiger partial charge in [-0.15, -0.1) is 0 Å². The Balaban J connectivity index is 1.40. The van der Waals surface area contributed by atoms with Crippen molar-refractivity contribution < 1.29 is 25.2 Å².